The van der Waals surface area contributed by atoms with Crippen molar-refractivity contribution < 1.29 is 18.9 Å². The molecule has 0 unspecified atom stereocenters. The van der Waals surface area contributed by atoms with Crippen LogP contribution in [0.25, 0.3) is 0 Å². The summed E-state index contributed by atoms with van der Waals surface area (Å²) in [5.41, 5.74) is 1.16. The zero-order valence-electron chi connectivity index (χ0n) is 12.9. The van der Waals surface area contributed by atoms with Crippen LogP contribution in [0.2, 0.25) is 0 Å². The minimum Gasteiger partial charge on any atom is -0.376 e. The van der Waals surface area contributed by atoms with Crippen molar-refractivity contribution in [2.24, 2.45) is 0 Å². The van der Waals surface area contributed by atoms with Gasteiger partial charge in [-0.1, -0.05) is 30.3 Å². The van der Waals surface area contributed by atoms with E-state index in [0.29, 0.717) is 19.1 Å². The van der Waals surface area contributed by atoms with Crippen LogP contribution in [0.15, 0.2) is 30.3 Å². The van der Waals surface area contributed by atoms with E-state index in [1.807, 2.05) is 18.2 Å². The minimum atomic E-state index is -0.638. The predicted octanol–water partition coefficient (Wildman–Crippen LogP) is 3.12. The molecule has 0 aliphatic carbocycles. The van der Waals surface area contributed by atoms with Gasteiger partial charge in [-0.2, -0.15) is 0 Å². The standard InChI is InChI=1S/C17H23ClO4/c1-19-16-10-14(20-11-13-6-3-2-4-7-13)15-12-21-17(16,22-15)8-5-9-18/h2-4,6-7,14-16H,5,8-12H2,1H3/t14-,15+,16+,17+/m0/s1. The van der Waals surface area contributed by atoms with Crippen LogP contribution in [-0.2, 0) is 25.6 Å². The lowest BCUT2D eigenvalue weighted by Crippen LogP contribution is -2.53. The van der Waals surface area contributed by atoms with Gasteiger partial charge in [-0.3, -0.25) is 0 Å². The highest BCUT2D eigenvalue weighted by molar-refractivity contribution is 6.17. The summed E-state index contributed by atoms with van der Waals surface area (Å²) < 4.78 is 23.8. The van der Waals surface area contributed by atoms with Crippen molar-refractivity contribution in [2.75, 3.05) is 19.6 Å². The Morgan fingerprint density at radius 2 is 2.14 bits per heavy atom. The first-order valence-corrected chi connectivity index (χ1v) is 8.37. The summed E-state index contributed by atoms with van der Waals surface area (Å²) in [6.07, 6.45) is 2.26. The Bertz CT molecular complexity index is 469. The van der Waals surface area contributed by atoms with Gasteiger partial charge >= 0.3 is 0 Å². The van der Waals surface area contributed by atoms with Gasteiger partial charge in [-0.15, -0.1) is 11.6 Å². The van der Waals surface area contributed by atoms with Gasteiger partial charge in [0.05, 0.1) is 19.3 Å². The van der Waals surface area contributed by atoms with E-state index in [1.165, 1.54) is 0 Å². The van der Waals surface area contributed by atoms with Crippen molar-refractivity contribution in [3.8, 4) is 0 Å². The average molecular weight is 327 g/mol. The SMILES string of the molecule is CO[C@@H]1C[C@H](OCc2ccccc2)[C@H]2CO[C@]1(CCCCl)O2. The maximum Gasteiger partial charge on any atom is 0.195 e. The minimum absolute atomic E-state index is 0.00298. The average Bonchev–Trinajstić information content (AvgIpc) is 2.94. The molecule has 0 aromatic heterocycles. The van der Waals surface area contributed by atoms with Crippen molar-refractivity contribution in [1.29, 1.82) is 0 Å². The zero-order chi connectivity index (χ0) is 15.4. The summed E-state index contributed by atoms with van der Waals surface area (Å²) in [5.74, 6) is -0.0373. The second-order valence-electron chi connectivity index (χ2n) is 5.87. The summed E-state index contributed by atoms with van der Waals surface area (Å²) in [4.78, 5) is 0. The molecule has 0 amide bonds. The first-order chi connectivity index (χ1) is 10.8. The van der Waals surface area contributed by atoms with Crippen LogP contribution in [0.4, 0.5) is 0 Å². The van der Waals surface area contributed by atoms with Crippen molar-refractivity contribution in [1.82, 2.24) is 0 Å². The van der Waals surface area contributed by atoms with Crippen molar-refractivity contribution in [3.05, 3.63) is 35.9 Å². The van der Waals surface area contributed by atoms with Crippen molar-refractivity contribution in [2.45, 2.75) is 50.0 Å². The maximum absolute atomic E-state index is 6.16. The summed E-state index contributed by atoms with van der Waals surface area (Å²) in [6, 6.07) is 10.2. The molecular formula is C17H23ClO4. The Hall–Kier alpha value is -0.650. The van der Waals surface area contributed by atoms with Crippen molar-refractivity contribution in [3.63, 3.8) is 0 Å². The van der Waals surface area contributed by atoms with Gasteiger partial charge in [0, 0.05) is 25.8 Å². The number of rotatable bonds is 7. The molecule has 3 rings (SSSR count). The fourth-order valence-corrected chi connectivity index (χ4v) is 3.41. The normalized spacial score (nSPS) is 34.0. The molecule has 0 spiro atoms. The number of fused-ring (bicyclic) bond motifs is 2. The van der Waals surface area contributed by atoms with E-state index in [2.05, 4.69) is 12.1 Å². The Labute approximate surface area is 136 Å². The molecule has 2 heterocycles. The number of hydrogen-bond donors (Lipinski definition) is 0. The highest BCUT2D eigenvalue weighted by atomic mass is 35.5. The van der Waals surface area contributed by atoms with E-state index in [-0.39, 0.29) is 18.3 Å². The predicted molar refractivity (Wildman–Crippen MR) is 83.9 cm³/mol. The molecule has 2 saturated heterocycles. The summed E-state index contributed by atoms with van der Waals surface area (Å²) in [5, 5.41) is 0. The van der Waals surface area contributed by atoms with E-state index in [0.717, 1.165) is 24.8 Å². The third-order valence-electron chi connectivity index (χ3n) is 4.44. The molecule has 0 radical (unpaired) electrons. The fraction of sp³-hybridized carbons (Fsp3) is 0.647. The number of ether oxygens (including phenoxy) is 4. The lowest BCUT2D eigenvalue weighted by atomic mass is 9.94. The molecule has 122 valence electrons. The molecule has 22 heavy (non-hydrogen) atoms. The molecule has 2 bridgehead atoms. The van der Waals surface area contributed by atoms with E-state index in [4.69, 9.17) is 30.5 Å². The van der Waals surface area contributed by atoms with E-state index >= 15 is 0 Å². The second-order valence-corrected chi connectivity index (χ2v) is 6.24. The molecule has 1 aromatic rings. The highest BCUT2D eigenvalue weighted by Gasteiger charge is 2.55. The molecule has 1 aromatic carbocycles. The molecular weight excluding hydrogens is 304 g/mol. The Morgan fingerprint density at radius 3 is 2.86 bits per heavy atom. The van der Waals surface area contributed by atoms with E-state index < -0.39 is 5.79 Å². The van der Waals surface area contributed by atoms with Gasteiger partial charge in [-0.25, -0.2) is 0 Å². The van der Waals surface area contributed by atoms with Gasteiger partial charge in [0.25, 0.3) is 0 Å². The van der Waals surface area contributed by atoms with Gasteiger partial charge in [0.2, 0.25) is 0 Å². The first kappa shape index (κ1) is 16.2. The third kappa shape index (κ3) is 3.31. The Kier molecular flexibility index (Phi) is 5.37. The van der Waals surface area contributed by atoms with Crippen LogP contribution in [-0.4, -0.2) is 43.7 Å². The molecule has 5 heteroatoms. The fourth-order valence-electron chi connectivity index (χ4n) is 3.28. The largest absolute Gasteiger partial charge is 0.376 e. The molecule has 0 saturated carbocycles. The number of halogens is 1. The number of methoxy groups -OCH3 is 1. The number of hydrogen-bond acceptors (Lipinski definition) is 4. The van der Waals surface area contributed by atoms with Crippen LogP contribution in [0.5, 0.6) is 0 Å². The van der Waals surface area contributed by atoms with Crippen molar-refractivity contribution >= 4 is 11.6 Å². The van der Waals surface area contributed by atoms with Crippen LogP contribution in [0, 0.1) is 0 Å². The summed E-state index contributed by atoms with van der Waals surface area (Å²) in [6.45, 7) is 1.14. The van der Waals surface area contributed by atoms with E-state index in [1.54, 1.807) is 7.11 Å². The second kappa shape index (κ2) is 7.28. The molecule has 0 N–H and O–H groups in total. The number of alkyl halides is 1. The lowest BCUT2D eigenvalue weighted by Gasteiger charge is -2.41. The maximum atomic E-state index is 6.16. The Balaban J connectivity index is 1.62. The third-order valence-corrected chi connectivity index (χ3v) is 4.71. The summed E-state index contributed by atoms with van der Waals surface area (Å²) >= 11 is 5.81. The van der Waals surface area contributed by atoms with Crippen LogP contribution >= 0.6 is 11.6 Å². The van der Waals surface area contributed by atoms with E-state index in [9.17, 15) is 0 Å². The van der Waals surface area contributed by atoms with Crippen LogP contribution < -0.4 is 0 Å². The summed E-state index contributed by atoms with van der Waals surface area (Å²) in [7, 11) is 1.70. The Morgan fingerprint density at radius 1 is 1.32 bits per heavy atom. The van der Waals surface area contributed by atoms with Crippen LogP contribution in [0.1, 0.15) is 24.8 Å². The molecule has 2 aliphatic heterocycles. The molecule has 4 atom stereocenters. The molecule has 4 nitrogen and oxygen atoms in total. The molecule has 2 fully saturated rings. The van der Waals surface area contributed by atoms with Gasteiger partial charge in [0.1, 0.15) is 12.2 Å². The zero-order valence-corrected chi connectivity index (χ0v) is 13.6. The van der Waals surface area contributed by atoms with Gasteiger partial charge < -0.3 is 18.9 Å². The van der Waals surface area contributed by atoms with Gasteiger partial charge in [-0.05, 0) is 12.0 Å². The number of benzene rings is 1. The molecule has 2 aliphatic rings. The topological polar surface area (TPSA) is 36.9 Å². The highest BCUT2D eigenvalue weighted by Crippen LogP contribution is 2.42. The van der Waals surface area contributed by atoms with Crippen LogP contribution in [0.3, 0.4) is 0 Å². The first-order valence-electron chi connectivity index (χ1n) is 7.83. The quantitative estimate of drug-likeness (QED) is 0.721. The van der Waals surface area contributed by atoms with Gasteiger partial charge in [0.15, 0.2) is 5.79 Å². The monoisotopic (exact) mass is 326 g/mol. The lowest BCUT2D eigenvalue weighted by molar-refractivity contribution is -0.276. The smallest absolute Gasteiger partial charge is 0.195 e.